The fraction of sp³-hybridized carbons (Fsp3) is 0.250. The monoisotopic (exact) mass is 381 g/mol. The van der Waals surface area contributed by atoms with Crippen LogP contribution in [0.1, 0.15) is 5.56 Å². The zero-order valence-electron chi connectivity index (χ0n) is 11.0. The molecule has 1 N–H and O–H groups in total. The van der Waals surface area contributed by atoms with Crippen LogP contribution in [0.5, 0.6) is 11.5 Å². The van der Waals surface area contributed by atoms with Crippen molar-refractivity contribution >= 4 is 22.6 Å². The summed E-state index contributed by atoms with van der Waals surface area (Å²) in [7, 11) is 0. The van der Waals surface area contributed by atoms with E-state index in [4.69, 9.17) is 9.47 Å². The number of benzene rings is 2. The number of halogens is 1. The zero-order valence-corrected chi connectivity index (χ0v) is 13.2. The fourth-order valence-electron chi connectivity index (χ4n) is 2.16. The van der Waals surface area contributed by atoms with Gasteiger partial charge in [0, 0.05) is 16.7 Å². The summed E-state index contributed by atoms with van der Waals surface area (Å²) in [5.41, 5.74) is 1.28. The average molecular weight is 381 g/mol. The molecule has 20 heavy (non-hydrogen) atoms. The molecular formula is C16H16INO2. The van der Waals surface area contributed by atoms with Crippen LogP contribution in [-0.2, 0) is 6.54 Å². The first-order chi connectivity index (χ1) is 9.81. The lowest BCUT2D eigenvalue weighted by molar-refractivity contribution is 0.0901. The summed E-state index contributed by atoms with van der Waals surface area (Å²) in [6, 6.07) is 16.4. The van der Waals surface area contributed by atoms with E-state index < -0.39 is 0 Å². The van der Waals surface area contributed by atoms with Gasteiger partial charge in [-0.2, -0.15) is 0 Å². The smallest absolute Gasteiger partial charge is 0.162 e. The minimum absolute atomic E-state index is 0.0596. The molecule has 0 amide bonds. The molecule has 1 heterocycles. The maximum absolute atomic E-state index is 5.96. The highest BCUT2D eigenvalue weighted by Gasteiger charge is 2.20. The number of ether oxygens (including phenoxy) is 2. The maximum Gasteiger partial charge on any atom is 0.162 e. The van der Waals surface area contributed by atoms with Gasteiger partial charge in [-0.3, -0.25) is 0 Å². The van der Waals surface area contributed by atoms with Gasteiger partial charge in [-0.15, -0.1) is 0 Å². The molecule has 0 spiro atoms. The first-order valence-electron chi connectivity index (χ1n) is 6.65. The van der Waals surface area contributed by atoms with E-state index in [1.54, 1.807) is 0 Å². The summed E-state index contributed by atoms with van der Waals surface area (Å²) in [5, 5.41) is 3.41. The van der Waals surface area contributed by atoms with Crippen molar-refractivity contribution in [1.29, 1.82) is 0 Å². The van der Waals surface area contributed by atoms with Gasteiger partial charge in [-0.25, -0.2) is 0 Å². The van der Waals surface area contributed by atoms with Crippen LogP contribution < -0.4 is 14.8 Å². The van der Waals surface area contributed by atoms with Crippen LogP contribution in [0.15, 0.2) is 48.5 Å². The van der Waals surface area contributed by atoms with E-state index >= 15 is 0 Å². The second kappa shape index (κ2) is 6.45. The SMILES string of the molecule is Ic1ccc2c(c1)OC(CNCc1ccccc1)CO2. The molecule has 4 heteroatoms. The summed E-state index contributed by atoms with van der Waals surface area (Å²) in [6.45, 7) is 2.22. The van der Waals surface area contributed by atoms with Crippen LogP contribution >= 0.6 is 22.6 Å². The van der Waals surface area contributed by atoms with E-state index in [1.807, 2.05) is 24.3 Å². The van der Waals surface area contributed by atoms with Crippen molar-refractivity contribution in [2.24, 2.45) is 0 Å². The van der Waals surface area contributed by atoms with Crippen molar-refractivity contribution in [3.63, 3.8) is 0 Å². The quantitative estimate of drug-likeness (QED) is 0.826. The summed E-state index contributed by atoms with van der Waals surface area (Å²) in [6.07, 6.45) is 0.0596. The molecular weight excluding hydrogens is 365 g/mol. The van der Waals surface area contributed by atoms with Crippen LogP contribution in [0.3, 0.4) is 0 Å². The first-order valence-corrected chi connectivity index (χ1v) is 7.73. The van der Waals surface area contributed by atoms with Gasteiger partial charge >= 0.3 is 0 Å². The molecule has 0 saturated heterocycles. The number of fused-ring (bicyclic) bond motifs is 1. The third-order valence-electron chi connectivity index (χ3n) is 3.17. The second-order valence-electron chi connectivity index (χ2n) is 4.76. The molecule has 2 aromatic rings. The Kier molecular flexibility index (Phi) is 4.42. The van der Waals surface area contributed by atoms with Crippen LogP contribution in [0, 0.1) is 3.57 Å². The molecule has 2 aromatic carbocycles. The topological polar surface area (TPSA) is 30.5 Å². The minimum atomic E-state index is 0.0596. The Morgan fingerprint density at radius 1 is 1.10 bits per heavy atom. The van der Waals surface area contributed by atoms with Crippen LogP contribution in [-0.4, -0.2) is 19.3 Å². The van der Waals surface area contributed by atoms with E-state index in [0.29, 0.717) is 6.61 Å². The van der Waals surface area contributed by atoms with Crippen molar-refractivity contribution in [3.8, 4) is 11.5 Å². The van der Waals surface area contributed by atoms with Gasteiger partial charge in [-0.05, 0) is 46.4 Å². The lowest BCUT2D eigenvalue weighted by atomic mass is 10.2. The number of hydrogen-bond donors (Lipinski definition) is 1. The van der Waals surface area contributed by atoms with Crippen LogP contribution in [0.4, 0.5) is 0 Å². The Morgan fingerprint density at radius 2 is 1.95 bits per heavy atom. The molecule has 1 unspecified atom stereocenters. The lowest BCUT2D eigenvalue weighted by Gasteiger charge is -2.26. The van der Waals surface area contributed by atoms with Gasteiger partial charge in [0.15, 0.2) is 11.5 Å². The molecule has 3 nitrogen and oxygen atoms in total. The summed E-state index contributed by atoms with van der Waals surface area (Å²) in [5.74, 6) is 1.68. The van der Waals surface area contributed by atoms with E-state index in [2.05, 4.69) is 52.2 Å². The molecule has 0 bridgehead atoms. The molecule has 1 atom stereocenters. The molecule has 0 aromatic heterocycles. The summed E-state index contributed by atoms with van der Waals surface area (Å²) in [4.78, 5) is 0. The van der Waals surface area contributed by atoms with Crippen molar-refractivity contribution in [3.05, 3.63) is 57.7 Å². The predicted octanol–water partition coefficient (Wildman–Crippen LogP) is 3.22. The normalized spacial score (nSPS) is 16.9. The second-order valence-corrected chi connectivity index (χ2v) is 6.00. The largest absolute Gasteiger partial charge is 0.486 e. The average Bonchev–Trinajstić information content (AvgIpc) is 2.48. The highest BCUT2D eigenvalue weighted by molar-refractivity contribution is 14.1. The zero-order chi connectivity index (χ0) is 13.8. The minimum Gasteiger partial charge on any atom is -0.486 e. The molecule has 0 fully saturated rings. The Balaban J connectivity index is 1.53. The highest BCUT2D eigenvalue weighted by Crippen LogP contribution is 2.32. The van der Waals surface area contributed by atoms with Gasteiger partial charge in [0.1, 0.15) is 12.7 Å². The molecule has 3 rings (SSSR count). The Bertz CT molecular complexity index is 574. The van der Waals surface area contributed by atoms with Crippen molar-refractivity contribution in [2.45, 2.75) is 12.6 Å². The fourth-order valence-corrected chi connectivity index (χ4v) is 2.63. The van der Waals surface area contributed by atoms with Crippen molar-refractivity contribution < 1.29 is 9.47 Å². The highest BCUT2D eigenvalue weighted by atomic mass is 127. The van der Waals surface area contributed by atoms with Gasteiger partial charge in [0.05, 0.1) is 0 Å². The molecule has 1 aliphatic heterocycles. The van der Waals surface area contributed by atoms with Gasteiger partial charge in [-0.1, -0.05) is 30.3 Å². The van der Waals surface area contributed by atoms with Crippen LogP contribution in [0.2, 0.25) is 0 Å². The standard InChI is InChI=1S/C16H16INO2/c17-13-6-7-15-16(8-13)20-14(11-19-15)10-18-9-12-4-2-1-3-5-12/h1-8,14,18H,9-11H2. The molecule has 0 radical (unpaired) electrons. The van der Waals surface area contributed by atoms with Gasteiger partial charge in [0.2, 0.25) is 0 Å². The van der Waals surface area contributed by atoms with E-state index in [9.17, 15) is 0 Å². The van der Waals surface area contributed by atoms with Gasteiger partial charge in [0.25, 0.3) is 0 Å². The Labute approximate surface area is 132 Å². The van der Waals surface area contributed by atoms with E-state index in [-0.39, 0.29) is 6.10 Å². The van der Waals surface area contributed by atoms with Crippen LogP contribution in [0.25, 0.3) is 0 Å². The van der Waals surface area contributed by atoms with Gasteiger partial charge < -0.3 is 14.8 Å². The molecule has 0 aliphatic carbocycles. The molecule has 104 valence electrons. The molecule has 1 aliphatic rings. The maximum atomic E-state index is 5.96. The third-order valence-corrected chi connectivity index (χ3v) is 3.84. The first kappa shape index (κ1) is 13.7. The van der Waals surface area contributed by atoms with Crippen molar-refractivity contribution in [2.75, 3.05) is 13.2 Å². The summed E-state index contributed by atoms with van der Waals surface area (Å²) < 4.78 is 12.8. The predicted molar refractivity (Wildman–Crippen MR) is 87.2 cm³/mol. The van der Waals surface area contributed by atoms with Crippen molar-refractivity contribution in [1.82, 2.24) is 5.32 Å². The van der Waals surface area contributed by atoms with E-state index in [0.717, 1.165) is 28.2 Å². The number of hydrogen-bond acceptors (Lipinski definition) is 3. The number of nitrogens with one attached hydrogen (secondary N) is 1. The Hall–Kier alpha value is -1.27. The number of rotatable bonds is 4. The Morgan fingerprint density at radius 3 is 2.80 bits per heavy atom. The lowest BCUT2D eigenvalue weighted by Crippen LogP contribution is -2.38. The third kappa shape index (κ3) is 3.43. The van der Waals surface area contributed by atoms with E-state index in [1.165, 1.54) is 5.56 Å². The summed E-state index contributed by atoms with van der Waals surface area (Å²) >= 11 is 2.28. The molecule has 0 saturated carbocycles.